The van der Waals surface area contributed by atoms with Gasteiger partial charge in [0.25, 0.3) is 5.91 Å². The van der Waals surface area contributed by atoms with Crippen LogP contribution < -0.4 is 10.2 Å². The predicted octanol–water partition coefficient (Wildman–Crippen LogP) is 2.51. The molecule has 1 N–H and O–H groups in total. The van der Waals surface area contributed by atoms with E-state index in [0.717, 1.165) is 31.1 Å². The summed E-state index contributed by atoms with van der Waals surface area (Å²) < 4.78 is 0. The fourth-order valence-corrected chi connectivity index (χ4v) is 2.84. The third kappa shape index (κ3) is 4.47. The van der Waals surface area contributed by atoms with Crippen molar-refractivity contribution in [1.82, 2.24) is 14.9 Å². The van der Waals surface area contributed by atoms with Crippen LogP contribution in [-0.2, 0) is 0 Å². The number of hydrogen-bond acceptors (Lipinski definition) is 5. The van der Waals surface area contributed by atoms with Gasteiger partial charge in [0, 0.05) is 51.3 Å². The van der Waals surface area contributed by atoms with Crippen molar-refractivity contribution in [1.29, 1.82) is 0 Å². The standard InChI is InChI=1S/C19H25N5O/c1-15(2)12-22-17-11-16(13-20-14-17)19(25)24-9-7-23(8-10-24)18-5-3-4-6-21-18/h3-6,11,13-15,22H,7-10,12H2,1-2H3. The first-order valence-corrected chi connectivity index (χ1v) is 8.77. The van der Waals surface area contributed by atoms with E-state index in [2.05, 4.69) is 34.0 Å². The molecule has 6 nitrogen and oxygen atoms in total. The topological polar surface area (TPSA) is 61.4 Å². The predicted molar refractivity (Wildman–Crippen MR) is 99.9 cm³/mol. The Bertz CT molecular complexity index is 696. The van der Waals surface area contributed by atoms with Gasteiger partial charge in [0.1, 0.15) is 5.82 Å². The molecular weight excluding hydrogens is 314 g/mol. The number of nitrogens with one attached hydrogen (secondary N) is 1. The summed E-state index contributed by atoms with van der Waals surface area (Å²) in [5.41, 5.74) is 1.53. The molecule has 0 bridgehead atoms. The summed E-state index contributed by atoms with van der Waals surface area (Å²) in [4.78, 5) is 25.5. The maximum absolute atomic E-state index is 12.8. The lowest BCUT2D eigenvalue weighted by Crippen LogP contribution is -2.49. The summed E-state index contributed by atoms with van der Waals surface area (Å²) >= 11 is 0. The van der Waals surface area contributed by atoms with Crippen LogP contribution in [0.15, 0.2) is 42.9 Å². The first-order valence-electron chi connectivity index (χ1n) is 8.77. The van der Waals surface area contributed by atoms with Crippen molar-refractivity contribution >= 4 is 17.4 Å². The molecule has 1 aliphatic rings. The van der Waals surface area contributed by atoms with Crippen molar-refractivity contribution in [3.63, 3.8) is 0 Å². The average Bonchev–Trinajstić information content (AvgIpc) is 2.67. The number of piperazine rings is 1. The van der Waals surface area contributed by atoms with Crippen LogP contribution >= 0.6 is 0 Å². The number of anilines is 2. The Labute approximate surface area is 148 Å². The van der Waals surface area contributed by atoms with Gasteiger partial charge < -0.3 is 15.1 Å². The highest BCUT2D eigenvalue weighted by molar-refractivity contribution is 5.94. The maximum Gasteiger partial charge on any atom is 0.255 e. The number of pyridine rings is 2. The normalized spacial score (nSPS) is 14.7. The minimum atomic E-state index is 0.0429. The monoisotopic (exact) mass is 339 g/mol. The second kappa shape index (κ2) is 7.96. The Kier molecular flexibility index (Phi) is 5.48. The van der Waals surface area contributed by atoms with E-state index in [9.17, 15) is 4.79 Å². The lowest BCUT2D eigenvalue weighted by atomic mass is 10.2. The first-order chi connectivity index (χ1) is 12.1. The molecule has 1 saturated heterocycles. The lowest BCUT2D eigenvalue weighted by molar-refractivity contribution is 0.0746. The summed E-state index contributed by atoms with van der Waals surface area (Å²) in [5.74, 6) is 1.55. The molecule has 0 spiro atoms. The zero-order valence-electron chi connectivity index (χ0n) is 14.9. The largest absolute Gasteiger partial charge is 0.384 e. The Morgan fingerprint density at radius 3 is 2.68 bits per heavy atom. The molecule has 0 aliphatic carbocycles. The molecule has 0 atom stereocenters. The minimum absolute atomic E-state index is 0.0429. The Morgan fingerprint density at radius 2 is 2.00 bits per heavy atom. The molecule has 0 unspecified atom stereocenters. The Balaban J connectivity index is 1.60. The van der Waals surface area contributed by atoms with Gasteiger partial charge in [0.15, 0.2) is 0 Å². The maximum atomic E-state index is 12.8. The molecule has 0 radical (unpaired) electrons. The Hall–Kier alpha value is -2.63. The Morgan fingerprint density at radius 1 is 1.20 bits per heavy atom. The van der Waals surface area contributed by atoms with E-state index in [1.807, 2.05) is 29.2 Å². The van der Waals surface area contributed by atoms with Crippen LogP contribution in [0.25, 0.3) is 0 Å². The van der Waals surface area contributed by atoms with E-state index < -0.39 is 0 Å². The van der Waals surface area contributed by atoms with Crippen molar-refractivity contribution in [2.45, 2.75) is 13.8 Å². The van der Waals surface area contributed by atoms with Gasteiger partial charge in [0.05, 0.1) is 11.3 Å². The summed E-state index contributed by atoms with van der Waals surface area (Å²) in [6.45, 7) is 8.14. The quantitative estimate of drug-likeness (QED) is 0.907. The van der Waals surface area contributed by atoms with Gasteiger partial charge in [-0.15, -0.1) is 0 Å². The van der Waals surface area contributed by atoms with Crippen LogP contribution in [-0.4, -0.2) is 53.5 Å². The van der Waals surface area contributed by atoms with E-state index in [0.29, 0.717) is 24.6 Å². The molecule has 25 heavy (non-hydrogen) atoms. The van der Waals surface area contributed by atoms with Crippen molar-refractivity contribution < 1.29 is 4.79 Å². The van der Waals surface area contributed by atoms with Crippen molar-refractivity contribution in [3.8, 4) is 0 Å². The SMILES string of the molecule is CC(C)CNc1cncc(C(=O)N2CCN(c3ccccn3)CC2)c1. The fourth-order valence-electron chi connectivity index (χ4n) is 2.84. The number of rotatable bonds is 5. The van der Waals surface area contributed by atoms with Crippen molar-refractivity contribution in [2.24, 2.45) is 5.92 Å². The van der Waals surface area contributed by atoms with Gasteiger partial charge in [-0.2, -0.15) is 0 Å². The van der Waals surface area contributed by atoms with Crippen LogP contribution in [0.4, 0.5) is 11.5 Å². The molecule has 6 heteroatoms. The fraction of sp³-hybridized carbons (Fsp3) is 0.421. The molecule has 3 heterocycles. The van der Waals surface area contributed by atoms with Crippen LogP contribution in [0.1, 0.15) is 24.2 Å². The third-order valence-electron chi connectivity index (χ3n) is 4.24. The molecule has 2 aromatic heterocycles. The van der Waals surface area contributed by atoms with E-state index in [1.54, 1.807) is 18.6 Å². The first kappa shape index (κ1) is 17.2. The summed E-state index contributed by atoms with van der Waals surface area (Å²) in [7, 11) is 0. The number of carbonyl (C=O) groups is 1. The molecule has 1 fully saturated rings. The van der Waals surface area contributed by atoms with Gasteiger partial charge in [-0.25, -0.2) is 4.98 Å². The van der Waals surface area contributed by atoms with Crippen LogP contribution in [0.5, 0.6) is 0 Å². The number of nitrogens with zero attached hydrogens (tertiary/aromatic N) is 4. The van der Waals surface area contributed by atoms with Gasteiger partial charge in [-0.1, -0.05) is 19.9 Å². The molecule has 0 aromatic carbocycles. The lowest BCUT2D eigenvalue weighted by Gasteiger charge is -2.35. The number of aromatic nitrogens is 2. The average molecular weight is 339 g/mol. The van der Waals surface area contributed by atoms with Crippen LogP contribution in [0.3, 0.4) is 0 Å². The van der Waals surface area contributed by atoms with Crippen molar-refractivity contribution in [2.75, 3.05) is 42.9 Å². The molecule has 1 aliphatic heterocycles. The van der Waals surface area contributed by atoms with E-state index in [-0.39, 0.29) is 5.91 Å². The number of carbonyl (C=O) groups excluding carboxylic acids is 1. The molecule has 1 amide bonds. The summed E-state index contributed by atoms with van der Waals surface area (Å²) in [6, 6.07) is 7.80. The zero-order valence-corrected chi connectivity index (χ0v) is 14.9. The van der Waals surface area contributed by atoms with Gasteiger partial charge in [-0.05, 0) is 24.1 Å². The minimum Gasteiger partial charge on any atom is -0.384 e. The highest BCUT2D eigenvalue weighted by Gasteiger charge is 2.23. The van der Waals surface area contributed by atoms with E-state index in [4.69, 9.17) is 0 Å². The van der Waals surface area contributed by atoms with Gasteiger partial charge in [-0.3, -0.25) is 9.78 Å². The molecular formula is C19H25N5O. The second-order valence-corrected chi connectivity index (χ2v) is 6.70. The molecule has 2 aromatic rings. The highest BCUT2D eigenvalue weighted by atomic mass is 16.2. The second-order valence-electron chi connectivity index (χ2n) is 6.70. The number of amides is 1. The van der Waals surface area contributed by atoms with E-state index in [1.165, 1.54) is 0 Å². The molecule has 3 rings (SSSR count). The third-order valence-corrected chi connectivity index (χ3v) is 4.24. The molecule has 132 valence electrons. The summed E-state index contributed by atoms with van der Waals surface area (Å²) in [5, 5.41) is 3.32. The van der Waals surface area contributed by atoms with E-state index >= 15 is 0 Å². The summed E-state index contributed by atoms with van der Waals surface area (Å²) in [6.07, 6.45) is 5.21. The van der Waals surface area contributed by atoms with Crippen LogP contribution in [0, 0.1) is 5.92 Å². The smallest absolute Gasteiger partial charge is 0.255 e. The van der Waals surface area contributed by atoms with Gasteiger partial charge >= 0.3 is 0 Å². The molecule has 0 saturated carbocycles. The van der Waals surface area contributed by atoms with Gasteiger partial charge in [0.2, 0.25) is 0 Å². The van der Waals surface area contributed by atoms with Crippen LogP contribution in [0.2, 0.25) is 0 Å². The zero-order chi connectivity index (χ0) is 17.6. The number of hydrogen-bond donors (Lipinski definition) is 1. The highest BCUT2D eigenvalue weighted by Crippen LogP contribution is 2.16. The van der Waals surface area contributed by atoms with Crippen molar-refractivity contribution in [3.05, 3.63) is 48.4 Å².